The van der Waals surface area contributed by atoms with Crippen LogP contribution in [0.5, 0.6) is 0 Å². The zero-order chi connectivity index (χ0) is 15.4. The number of allylic oxidation sites excluding steroid dienone is 6. The Bertz CT molecular complexity index is 204. The summed E-state index contributed by atoms with van der Waals surface area (Å²) < 4.78 is 0. The molecular weight excluding hydrogens is 240 g/mol. The smallest absolute Gasteiger partial charge is 0.0234 e. The van der Waals surface area contributed by atoms with Gasteiger partial charge in [0.15, 0.2) is 0 Å². The third kappa shape index (κ3) is 25.7. The lowest BCUT2D eigenvalue weighted by Crippen LogP contribution is -1.83. The molecule has 0 spiro atoms. The van der Waals surface area contributed by atoms with Crippen LogP contribution in [-0.4, -0.2) is 0 Å². The van der Waals surface area contributed by atoms with Crippen LogP contribution in [0.2, 0.25) is 0 Å². The van der Waals surface area contributed by atoms with E-state index in [1.165, 1.54) is 11.1 Å². The van der Waals surface area contributed by atoms with E-state index < -0.39 is 0 Å². The second kappa shape index (κ2) is 43.0. The molecular formula is C20H44. The van der Waals surface area contributed by atoms with Crippen LogP contribution < -0.4 is 0 Å². The lowest BCUT2D eigenvalue weighted by atomic mass is 10.0. The Morgan fingerprint density at radius 3 is 1.45 bits per heavy atom. The largest absolute Gasteiger partial charge is 0.0988 e. The maximum atomic E-state index is 3.79. The van der Waals surface area contributed by atoms with E-state index in [0.717, 1.165) is 12.8 Å². The van der Waals surface area contributed by atoms with Crippen molar-refractivity contribution in [2.45, 2.75) is 83.1 Å². The molecule has 0 aliphatic rings. The molecule has 0 saturated heterocycles. The van der Waals surface area contributed by atoms with Crippen LogP contribution >= 0.6 is 0 Å². The molecule has 0 N–H and O–H groups in total. The molecule has 0 heteroatoms. The van der Waals surface area contributed by atoms with Crippen LogP contribution in [0.15, 0.2) is 48.6 Å². The molecule has 0 aromatic heterocycles. The van der Waals surface area contributed by atoms with Gasteiger partial charge in [-0.15, -0.1) is 0 Å². The van der Waals surface area contributed by atoms with Gasteiger partial charge < -0.3 is 0 Å². The Kier molecular flexibility index (Phi) is 78.3. The fraction of sp³-hybridized carbons (Fsp3) is 0.600. The van der Waals surface area contributed by atoms with Crippen LogP contribution in [0.4, 0.5) is 0 Å². The van der Waals surface area contributed by atoms with E-state index in [9.17, 15) is 0 Å². The van der Waals surface area contributed by atoms with Crippen molar-refractivity contribution in [2.24, 2.45) is 0 Å². The van der Waals surface area contributed by atoms with E-state index in [2.05, 4.69) is 26.2 Å². The highest BCUT2D eigenvalue weighted by Crippen LogP contribution is 2.14. The molecule has 0 radical (unpaired) electrons. The Labute approximate surface area is 132 Å². The van der Waals surface area contributed by atoms with Crippen molar-refractivity contribution in [2.75, 3.05) is 0 Å². The summed E-state index contributed by atoms with van der Waals surface area (Å²) >= 11 is 0. The fourth-order valence-corrected chi connectivity index (χ4v) is 1.12. The normalized spacial score (nSPS) is 8.60. The van der Waals surface area contributed by atoms with Gasteiger partial charge in [0.2, 0.25) is 0 Å². The maximum Gasteiger partial charge on any atom is -0.0234 e. The summed E-state index contributed by atoms with van der Waals surface area (Å²) in [6, 6.07) is 0. The van der Waals surface area contributed by atoms with E-state index in [1.807, 2.05) is 66.7 Å². The van der Waals surface area contributed by atoms with Gasteiger partial charge in [0.05, 0.1) is 0 Å². The monoisotopic (exact) mass is 284 g/mol. The Hall–Kier alpha value is -1.04. The van der Waals surface area contributed by atoms with Crippen molar-refractivity contribution in [3.05, 3.63) is 48.6 Å². The molecule has 0 saturated carbocycles. The molecule has 0 amide bonds. The first-order valence-electron chi connectivity index (χ1n) is 7.40. The van der Waals surface area contributed by atoms with Crippen molar-refractivity contribution in [3.63, 3.8) is 0 Å². The number of rotatable bonds is 5. The quantitative estimate of drug-likeness (QED) is 0.445. The molecule has 0 aliphatic carbocycles. The van der Waals surface area contributed by atoms with Crippen LogP contribution in [0.25, 0.3) is 0 Å². The molecule has 0 atom stereocenters. The molecule has 0 unspecified atom stereocenters. The minimum absolute atomic E-state index is 0. The van der Waals surface area contributed by atoms with Crippen molar-refractivity contribution in [1.82, 2.24) is 0 Å². The summed E-state index contributed by atoms with van der Waals surface area (Å²) in [6.07, 6.45) is 10.1. The Balaban J connectivity index is -0.0000000540. The third-order valence-corrected chi connectivity index (χ3v) is 1.70. The van der Waals surface area contributed by atoms with Crippen LogP contribution in [0.1, 0.15) is 83.1 Å². The number of hydrogen-bond acceptors (Lipinski definition) is 0. The van der Waals surface area contributed by atoms with Gasteiger partial charge in [-0.05, 0) is 24.5 Å². The molecule has 0 aliphatic heterocycles. The molecule has 124 valence electrons. The summed E-state index contributed by atoms with van der Waals surface area (Å²) in [5.74, 6) is 0. The van der Waals surface area contributed by atoms with Crippen molar-refractivity contribution in [3.8, 4) is 0 Å². The average molecular weight is 285 g/mol. The average Bonchev–Trinajstić information content (AvgIpc) is 2.49. The van der Waals surface area contributed by atoms with Gasteiger partial charge in [0, 0.05) is 0 Å². The van der Waals surface area contributed by atoms with E-state index >= 15 is 0 Å². The van der Waals surface area contributed by atoms with Crippen molar-refractivity contribution < 1.29 is 0 Å². The predicted octanol–water partition coefficient (Wildman–Crippen LogP) is 8.38. The molecule has 0 rings (SSSR count). The predicted molar refractivity (Wildman–Crippen MR) is 105 cm³/mol. The fourth-order valence-electron chi connectivity index (χ4n) is 1.12. The number of hydrogen-bond donors (Lipinski definition) is 0. The molecule has 0 fully saturated rings. The van der Waals surface area contributed by atoms with Crippen molar-refractivity contribution >= 4 is 0 Å². The van der Waals surface area contributed by atoms with Crippen LogP contribution in [-0.2, 0) is 0 Å². The van der Waals surface area contributed by atoms with E-state index in [-0.39, 0.29) is 14.9 Å². The van der Waals surface area contributed by atoms with Gasteiger partial charge >= 0.3 is 0 Å². The van der Waals surface area contributed by atoms with Gasteiger partial charge in [-0.25, -0.2) is 0 Å². The maximum absolute atomic E-state index is 3.79. The lowest BCUT2D eigenvalue weighted by Gasteiger charge is -2.02. The van der Waals surface area contributed by atoms with E-state index in [1.54, 1.807) is 0 Å². The lowest BCUT2D eigenvalue weighted by molar-refractivity contribution is 0.922. The summed E-state index contributed by atoms with van der Waals surface area (Å²) in [4.78, 5) is 0. The third-order valence-electron chi connectivity index (χ3n) is 1.70. The van der Waals surface area contributed by atoms with Gasteiger partial charge in [-0.3, -0.25) is 0 Å². The molecule has 0 bridgehead atoms. The summed E-state index contributed by atoms with van der Waals surface area (Å²) in [6.45, 7) is 23.7. The Morgan fingerprint density at radius 1 is 0.850 bits per heavy atom. The molecule has 0 aromatic carbocycles. The summed E-state index contributed by atoms with van der Waals surface area (Å²) in [5, 5.41) is 0. The minimum Gasteiger partial charge on any atom is -0.0988 e. The second-order valence-electron chi connectivity index (χ2n) is 2.64. The van der Waals surface area contributed by atoms with Crippen LogP contribution in [0.3, 0.4) is 0 Å². The first-order valence-corrected chi connectivity index (χ1v) is 7.40. The standard InChI is InChI=1S/C12H18.3C2H6.2CH4/c1-5-9-11(7-3)12(8-4)10-6-2;3*1-2;;/h5,7-9H,3-4,6,10H2,1-2H3;3*1-2H3;2*1H4/b9-5-,12-11+;;;;;. The summed E-state index contributed by atoms with van der Waals surface area (Å²) in [7, 11) is 0. The van der Waals surface area contributed by atoms with E-state index in [0.29, 0.717) is 0 Å². The highest BCUT2D eigenvalue weighted by atomic mass is 14.0. The summed E-state index contributed by atoms with van der Waals surface area (Å²) in [5.41, 5.74) is 2.47. The molecule has 0 nitrogen and oxygen atoms in total. The highest BCUT2D eigenvalue weighted by Gasteiger charge is 1.94. The van der Waals surface area contributed by atoms with E-state index in [4.69, 9.17) is 0 Å². The molecule has 20 heavy (non-hydrogen) atoms. The molecule has 0 heterocycles. The van der Waals surface area contributed by atoms with Gasteiger partial charge in [-0.2, -0.15) is 0 Å². The topological polar surface area (TPSA) is 0 Å². The highest BCUT2D eigenvalue weighted by molar-refractivity contribution is 5.39. The minimum atomic E-state index is 0. The van der Waals surface area contributed by atoms with Gasteiger partial charge in [0.25, 0.3) is 0 Å². The zero-order valence-corrected chi connectivity index (χ0v) is 14.1. The first kappa shape index (κ1) is 36.4. The van der Waals surface area contributed by atoms with Crippen molar-refractivity contribution in [1.29, 1.82) is 0 Å². The van der Waals surface area contributed by atoms with Gasteiger partial charge in [0.1, 0.15) is 0 Å². The van der Waals surface area contributed by atoms with Gasteiger partial charge in [-0.1, -0.05) is 107 Å². The zero-order valence-electron chi connectivity index (χ0n) is 14.1. The Morgan fingerprint density at radius 2 is 1.25 bits per heavy atom. The SMILES string of the molecule is C.C.C=CC(/C=C\C)=C(/C=C)CCC.CC.CC.CC. The van der Waals surface area contributed by atoms with Crippen LogP contribution in [0, 0.1) is 0 Å². The first-order chi connectivity index (χ1) is 8.79. The molecule has 0 aromatic rings. The second-order valence-corrected chi connectivity index (χ2v) is 2.64.